The van der Waals surface area contributed by atoms with E-state index in [4.69, 9.17) is 9.47 Å². The smallest absolute Gasteiger partial charge is 0.167 e. The number of ether oxygens (including phenoxy) is 2. The summed E-state index contributed by atoms with van der Waals surface area (Å²) < 4.78 is 12.4. The van der Waals surface area contributed by atoms with Crippen LogP contribution in [0.3, 0.4) is 0 Å². The maximum atomic E-state index is 10.4. The van der Waals surface area contributed by atoms with Gasteiger partial charge in [0.05, 0.1) is 19.3 Å². The van der Waals surface area contributed by atoms with Gasteiger partial charge in [-0.15, -0.1) is 0 Å². The molecule has 0 aliphatic heterocycles. The third kappa shape index (κ3) is 2.48. The van der Waals surface area contributed by atoms with Crippen LogP contribution in [0.5, 0.6) is 11.5 Å². The Morgan fingerprint density at radius 2 is 1.95 bits per heavy atom. The molecule has 1 aliphatic rings. The summed E-state index contributed by atoms with van der Waals surface area (Å²) >= 11 is 3.61. The van der Waals surface area contributed by atoms with Gasteiger partial charge in [-0.3, -0.25) is 0 Å². The van der Waals surface area contributed by atoms with E-state index in [0.29, 0.717) is 31.1 Å². The molecule has 1 aromatic rings. The molecule has 1 N–H and O–H groups in total. The van der Waals surface area contributed by atoms with Gasteiger partial charge in [0.15, 0.2) is 11.5 Å². The Morgan fingerprint density at radius 1 is 1.32 bits per heavy atom. The second-order valence-corrected chi connectivity index (χ2v) is 6.30. The van der Waals surface area contributed by atoms with E-state index in [0.717, 1.165) is 15.6 Å². The second kappa shape index (κ2) is 5.33. The monoisotopic (exact) mass is 328 g/mol. The molecular formula is C15H21BrO3. The number of halogens is 1. The van der Waals surface area contributed by atoms with Crippen LogP contribution in [-0.2, 0) is 5.41 Å². The maximum Gasteiger partial charge on any atom is 0.167 e. The van der Waals surface area contributed by atoms with Gasteiger partial charge in [0.25, 0.3) is 0 Å². The van der Waals surface area contributed by atoms with E-state index in [2.05, 4.69) is 29.8 Å². The first-order valence-corrected chi connectivity index (χ1v) is 7.52. The standard InChI is InChI=1S/C15H21BrO3/c1-5-18-11-7-9(16)13-12(14(11)19-6-2)10(17)8-15(13,3)4/h7,10,17H,5-6,8H2,1-4H3/t10-/m0/s1. The van der Waals surface area contributed by atoms with Gasteiger partial charge in [-0.05, 0) is 37.3 Å². The fourth-order valence-corrected chi connectivity index (χ4v) is 3.84. The molecule has 2 rings (SSSR count). The van der Waals surface area contributed by atoms with Crippen LogP contribution in [0.25, 0.3) is 0 Å². The number of aliphatic hydroxyl groups is 1. The highest BCUT2D eigenvalue weighted by Gasteiger charge is 2.41. The predicted octanol–water partition coefficient (Wildman–Crippen LogP) is 3.96. The largest absolute Gasteiger partial charge is 0.490 e. The summed E-state index contributed by atoms with van der Waals surface area (Å²) in [4.78, 5) is 0. The van der Waals surface area contributed by atoms with Gasteiger partial charge in [-0.25, -0.2) is 0 Å². The summed E-state index contributed by atoms with van der Waals surface area (Å²) in [6, 6.07) is 1.95. The average Bonchev–Trinajstić information content (AvgIpc) is 2.55. The van der Waals surface area contributed by atoms with Crippen molar-refractivity contribution >= 4 is 15.9 Å². The Hall–Kier alpha value is -0.740. The molecular weight excluding hydrogens is 308 g/mol. The molecule has 1 aromatic carbocycles. The van der Waals surface area contributed by atoms with Crippen molar-refractivity contribution in [2.45, 2.75) is 45.6 Å². The van der Waals surface area contributed by atoms with Crippen LogP contribution < -0.4 is 9.47 Å². The van der Waals surface area contributed by atoms with Gasteiger partial charge >= 0.3 is 0 Å². The normalized spacial score (nSPS) is 20.2. The minimum atomic E-state index is -0.497. The van der Waals surface area contributed by atoms with Gasteiger partial charge in [0, 0.05) is 10.0 Å². The molecule has 0 bridgehead atoms. The van der Waals surface area contributed by atoms with Gasteiger partial charge in [0.1, 0.15) is 0 Å². The Bertz CT molecular complexity index is 483. The van der Waals surface area contributed by atoms with Crippen molar-refractivity contribution in [1.29, 1.82) is 0 Å². The first-order chi connectivity index (χ1) is 8.92. The molecule has 19 heavy (non-hydrogen) atoms. The topological polar surface area (TPSA) is 38.7 Å². The minimum Gasteiger partial charge on any atom is -0.490 e. The van der Waals surface area contributed by atoms with Crippen molar-refractivity contribution in [2.75, 3.05) is 13.2 Å². The molecule has 106 valence electrons. The number of rotatable bonds is 4. The van der Waals surface area contributed by atoms with E-state index in [1.807, 2.05) is 19.9 Å². The molecule has 0 unspecified atom stereocenters. The predicted molar refractivity (Wildman–Crippen MR) is 79.1 cm³/mol. The number of hydrogen-bond donors (Lipinski definition) is 1. The van der Waals surface area contributed by atoms with E-state index in [9.17, 15) is 5.11 Å². The summed E-state index contributed by atoms with van der Waals surface area (Å²) in [5.74, 6) is 1.40. The van der Waals surface area contributed by atoms with Gasteiger partial charge in [0.2, 0.25) is 0 Å². The lowest BCUT2D eigenvalue weighted by Crippen LogP contribution is -2.13. The number of aliphatic hydroxyl groups excluding tert-OH is 1. The Kier molecular flexibility index (Phi) is 4.11. The SMILES string of the molecule is CCOc1cc(Br)c2c(c1OCC)[C@@H](O)CC2(C)C. The van der Waals surface area contributed by atoms with Crippen LogP contribution in [0.2, 0.25) is 0 Å². The summed E-state index contributed by atoms with van der Waals surface area (Å²) in [7, 11) is 0. The number of benzene rings is 1. The van der Waals surface area contributed by atoms with Crippen molar-refractivity contribution in [3.05, 3.63) is 21.7 Å². The van der Waals surface area contributed by atoms with Crippen molar-refractivity contribution in [3.8, 4) is 11.5 Å². The fourth-order valence-electron chi connectivity index (χ4n) is 2.88. The van der Waals surface area contributed by atoms with Crippen LogP contribution in [0.1, 0.15) is 51.3 Å². The molecule has 0 radical (unpaired) electrons. The van der Waals surface area contributed by atoms with E-state index in [1.54, 1.807) is 0 Å². The molecule has 0 saturated carbocycles. The summed E-state index contributed by atoms with van der Waals surface area (Å²) in [5.41, 5.74) is 1.95. The lowest BCUT2D eigenvalue weighted by molar-refractivity contribution is 0.156. The zero-order valence-corrected chi connectivity index (χ0v) is 13.5. The van der Waals surface area contributed by atoms with E-state index in [1.165, 1.54) is 0 Å². The van der Waals surface area contributed by atoms with Gasteiger partial charge in [-0.2, -0.15) is 0 Å². The maximum absolute atomic E-state index is 10.4. The first kappa shape index (κ1) is 14.7. The van der Waals surface area contributed by atoms with Crippen molar-refractivity contribution < 1.29 is 14.6 Å². The Morgan fingerprint density at radius 3 is 2.53 bits per heavy atom. The highest BCUT2D eigenvalue weighted by atomic mass is 79.9. The van der Waals surface area contributed by atoms with Gasteiger partial charge < -0.3 is 14.6 Å². The molecule has 0 saturated heterocycles. The minimum absolute atomic E-state index is 0.0653. The fraction of sp³-hybridized carbons (Fsp3) is 0.600. The zero-order valence-electron chi connectivity index (χ0n) is 11.9. The highest BCUT2D eigenvalue weighted by molar-refractivity contribution is 9.10. The first-order valence-electron chi connectivity index (χ1n) is 6.72. The lowest BCUT2D eigenvalue weighted by Gasteiger charge is -2.22. The summed E-state index contributed by atoms with van der Waals surface area (Å²) in [6.07, 6.45) is 0.208. The van der Waals surface area contributed by atoms with Crippen molar-refractivity contribution in [1.82, 2.24) is 0 Å². The zero-order chi connectivity index (χ0) is 14.2. The van der Waals surface area contributed by atoms with Crippen LogP contribution in [0, 0.1) is 0 Å². The summed E-state index contributed by atoms with van der Waals surface area (Å²) in [6.45, 7) is 9.30. The molecule has 1 atom stereocenters. The third-order valence-electron chi connectivity index (χ3n) is 3.54. The van der Waals surface area contributed by atoms with Gasteiger partial charge in [-0.1, -0.05) is 29.8 Å². The third-order valence-corrected chi connectivity index (χ3v) is 4.16. The van der Waals surface area contributed by atoms with Crippen LogP contribution in [0.15, 0.2) is 10.5 Å². The molecule has 0 heterocycles. The summed E-state index contributed by atoms with van der Waals surface area (Å²) in [5, 5.41) is 10.4. The van der Waals surface area contributed by atoms with Crippen molar-refractivity contribution in [2.24, 2.45) is 0 Å². The van der Waals surface area contributed by atoms with E-state index in [-0.39, 0.29) is 5.41 Å². The second-order valence-electron chi connectivity index (χ2n) is 5.44. The van der Waals surface area contributed by atoms with Crippen LogP contribution in [0.4, 0.5) is 0 Å². The Labute approximate surface area is 123 Å². The molecule has 1 aliphatic carbocycles. The van der Waals surface area contributed by atoms with E-state index >= 15 is 0 Å². The van der Waals surface area contributed by atoms with Crippen LogP contribution in [-0.4, -0.2) is 18.3 Å². The number of hydrogen-bond acceptors (Lipinski definition) is 3. The van der Waals surface area contributed by atoms with E-state index < -0.39 is 6.10 Å². The average molecular weight is 329 g/mol. The molecule has 0 fully saturated rings. The molecule has 4 heteroatoms. The number of fused-ring (bicyclic) bond motifs is 1. The quantitative estimate of drug-likeness (QED) is 0.909. The highest BCUT2D eigenvalue weighted by Crippen LogP contribution is 2.54. The Balaban J connectivity index is 2.66. The van der Waals surface area contributed by atoms with Crippen molar-refractivity contribution in [3.63, 3.8) is 0 Å². The van der Waals surface area contributed by atoms with Crippen LogP contribution >= 0.6 is 15.9 Å². The molecule has 0 spiro atoms. The lowest BCUT2D eigenvalue weighted by atomic mass is 9.86. The molecule has 0 amide bonds. The molecule has 3 nitrogen and oxygen atoms in total. The molecule has 0 aromatic heterocycles.